The highest BCUT2D eigenvalue weighted by Crippen LogP contribution is 2.30. The first kappa shape index (κ1) is 10.9. The number of nitrogens with one attached hydrogen (secondary N) is 1. The SMILES string of the molecule is O=C1CC(N(CCO)C2CC2)CCCN1. The fourth-order valence-electron chi connectivity index (χ4n) is 2.42. The van der Waals surface area contributed by atoms with Crippen molar-refractivity contribution in [2.24, 2.45) is 0 Å². The van der Waals surface area contributed by atoms with E-state index in [1.165, 1.54) is 12.8 Å². The molecule has 0 aromatic carbocycles. The average molecular weight is 212 g/mol. The number of carbonyl (C=O) groups excluding carboxylic acids is 1. The van der Waals surface area contributed by atoms with Crippen molar-refractivity contribution in [3.05, 3.63) is 0 Å². The molecule has 1 aliphatic carbocycles. The molecule has 2 fully saturated rings. The van der Waals surface area contributed by atoms with Crippen LogP contribution in [0.1, 0.15) is 32.1 Å². The molecule has 2 rings (SSSR count). The molecule has 0 aromatic heterocycles. The molecule has 0 bridgehead atoms. The summed E-state index contributed by atoms with van der Waals surface area (Å²) >= 11 is 0. The van der Waals surface area contributed by atoms with Crippen LogP contribution in [0.4, 0.5) is 0 Å². The van der Waals surface area contributed by atoms with Gasteiger partial charge in [-0.1, -0.05) is 0 Å². The van der Waals surface area contributed by atoms with Crippen LogP contribution in [-0.4, -0.2) is 47.7 Å². The van der Waals surface area contributed by atoms with Gasteiger partial charge < -0.3 is 10.4 Å². The van der Waals surface area contributed by atoms with Crippen LogP contribution < -0.4 is 5.32 Å². The highest BCUT2D eigenvalue weighted by molar-refractivity contribution is 5.76. The second kappa shape index (κ2) is 4.94. The Morgan fingerprint density at radius 3 is 2.80 bits per heavy atom. The fraction of sp³-hybridized carbons (Fsp3) is 0.909. The third kappa shape index (κ3) is 2.92. The zero-order valence-corrected chi connectivity index (χ0v) is 9.11. The van der Waals surface area contributed by atoms with E-state index >= 15 is 0 Å². The van der Waals surface area contributed by atoms with Gasteiger partial charge in [-0.05, 0) is 25.7 Å². The zero-order chi connectivity index (χ0) is 10.7. The summed E-state index contributed by atoms with van der Waals surface area (Å²) in [6.07, 6.45) is 5.22. The van der Waals surface area contributed by atoms with Crippen molar-refractivity contribution in [3.63, 3.8) is 0 Å². The van der Waals surface area contributed by atoms with E-state index in [9.17, 15) is 4.79 Å². The van der Waals surface area contributed by atoms with Gasteiger partial charge in [0.2, 0.25) is 5.91 Å². The summed E-state index contributed by atoms with van der Waals surface area (Å²) in [5.74, 6) is 0.168. The summed E-state index contributed by atoms with van der Waals surface area (Å²) < 4.78 is 0. The van der Waals surface area contributed by atoms with Gasteiger partial charge in [0.25, 0.3) is 0 Å². The van der Waals surface area contributed by atoms with Crippen LogP contribution in [0.25, 0.3) is 0 Å². The number of aliphatic hydroxyl groups is 1. The van der Waals surface area contributed by atoms with Gasteiger partial charge in [-0.25, -0.2) is 0 Å². The van der Waals surface area contributed by atoms with Crippen molar-refractivity contribution in [2.45, 2.75) is 44.2 Å². The molecule has 1 amide bonds. The molecule has 4 nitrogen and oxygen atoms in total. The number of amides is 1. The number of aliphatic hydroxyl groups excluding tert-OH is 1. The van der Waals surface area contributed by atoms with Crippen molar-refractivity contribution in [2.75, 3.05) is 19.7 Å². The van der Waals surface area contributed by atoms with Crippen LogP contribution in [0.2, 0.25) is 0 Å². The quantitative estimate of drug-likeness (QED) is 0.695. The second-order valence-electron chi connectivity index (χ2n) is 4.54. The maximum Gasteiger partial charge on any atom is 0.221 e. The molecule has 1 unspecified atom stereocenters. The predicted octanol–water partition coefficient (Wildman–Crippen LogP) is 0.112. The van der Waals surface area contributed by atoms with Crippen LogP contribution in [-0.2, 0) is 4.79 Å². The molecule has 1 saturated carbocycles. The lowest BCUT2D eigenvalue weighted by Gasteiger charge is -2.29. The number of carbonyl (C=O) groups is 1. The van der Waals surface area contributed by atoms with E-state index < -0.39 is 0 Å². The molecule has 0 radical (unpaired) electrons. The molecule has 86 valence electrons. The van der Waals surface area contributed by atoms with Gasteiger partial charge in [0.05, 0.1) is 6.61 Å². The van der Waals surface area contributed by atoms with E-state index in [1.807, 2.05) is 0 Å². The first-order chi connectivity index (χ1) is 7.31. The molecule has 0 aromatic rings. The van der Waals surface area contributed by atoms with Crippen LogP contribution >= 0.6 is 0 Å². The van der Waals surface area contributed by atoms with E-state index in [2.05, 4.69) is 10.2 Å². The summed E-state index contributed by atoms with van der Waals surface area (Å²) in [6.45, 7) is 1.74. The van der Waals surface area contributed by atoms with E-state index in [-0.39, 0.29) is 12.5 Å². The largest absolute Gasteiger partial charge is 0.395 e. The van der Waals surface area contributed by atoms with Gasteiger partial charge in [0.15, 0.2) is 0 Å². The van der Waals surface area contributed by atoms with Crippen LogP contribution in [0.3, 0.4) is 0 Å². The first-order valence-electron chi connectivity index (χ1n) is 5.94. The monoisotopic (exact) mass is 212 g/mol. The lowest BCUT2D eigenvalue weighted by atomic mass is 10.1. The van der Waals surface area contributed by atoms with Crippen LogP contribution in [0, 0.1) is 0 Å². The highest BCUT2D eigenvalue weighted by atomic mass is 16.3. The van der Waals surface area contributed by atoms with Gasteiger partial charge >= 0.3 is 0 Å². The van der Waals surface area contributed by atoms with E-state index in [1.54, 1.807) is 0 Å². The van der Waals surface area contributed by atoms with Crippen LogP contribution in [0.15, 0.2) is 0 Å². The van der Waals surface area contributed by atoms with Crippen LogP contribution in [0.5, 0.6) is 0 Å². The maximum atomic E-state index is 11.4. The Morgan fingerprint density at radius 1 is 1.33 bits per heavy atom. The van der Waals surface area contributed by atoms with Gasteiger partial charge in [0.1, 0.15) is 0 Å². The topological polar surface area (TPSA) is 52.6 Å². The minimum absolute atomic E-state index is 0.168. The first-order valence-corrected chi connectivity index (χ1v) is 5.94. The average Bonchev–Trinajstić information content (AvgIpc) is 3.01. The lowest BCUT2D eigenvalue weighted by molar-refractivity contribution is -0.121. The maximum absolute atomic E-state index is 11.4. The Morgan fingerprint density at radius 2 is 2.13 bits per heavy atom. The van der Waals surface area contributed by atoms with Crippen molar-refractivity contribution < 1.29 is 9.90 Å². The predicted molar refractivity (Wildman–Crippen MR) is 57.5 cm³/mol. The Kier molecular flexibility index (Phi) is 3.59. The molecule has 4 heteroatoms. The van der Waals surface area contributed by atoms with E-state index in [4.69, 9.17) is 5.11 Å². The molecule has 1 aliphatic heterocycles. The van der Waals surface area contributed by atoms with Gasteiger partial charge in [0, 0.05) is 31.6 Å². The molecule has 1 heterocycles. The smallest absolute Gasteiger partial charge is 0.221 e. The molecular weight excluding hydrogens is 192 g/mol. The van der Waals surface area contributed by atoms with Crippen molar-refractivity contribution >= 4 is 5.91 Å². The second-order valence-corrected chi connectivity index (χ2v) is 4.54. The Labute approximate surface area is 90.6 Å². The normalized spacial score (nSPS) is 27.6. The fourth-order valence-corrected chi connectivity index (χ4v) is 2.42. The Balaban J connectivity index is 1.94. The lowest BCUT2D eigenvalue weighted by Crippen LogP contribution is -2.40. The number of hydrogen-bond acceptors (Lipinski definition) is 3. The number of nitrogens with zero attached hydrogens (tertiary/aromatic N) is 1. The van der Waals surface area contributed by atoms with Gasteiger partial charge in [-0.15, -0.1) is 0 Å². The summed E-state index contributed by atoms with van der Waals surface area (Å²) in [5, 5.41) is 11.9. The third-order valence-electron chi connectivity index (χ3n) is 3.30. The summed E-state index contributed by atoms with van der Waals surface area (Å²) in [6, 6.07) is 0.986. The number of rotatable bonds is 4. The highest BCUT2D eigenvalue weighted by Gasteiger charge is 2.34. The third-order valence-corrected chi connectivity index (χ3v) is 3.30. The minimum Gasteiger partial charge on any atom is -0.395 e. The van der Waals surface area contributed by atoms with Crippen molar-refractivity contribution in [1.82, 2.24) is 10.2 Å². The Hall–Kier alpha value is -0.610. The molecule has 15 heavy (non-hydrogen) atoms. The molecule has 1 saturated heterocycles. The number of hydrogen-bond donors (Lipinski definition) is 2. The Bertz CT molecular complexity index is 229. The zero-order valence-electron chi connectivity index (χ0n) is 9.11. The van der Waals surface area contributed by atoms with Crippen molar-refractivity contribution in [3.8, 4) is 0 Å². The molecule has 1 atom stereocenters. The van der Waals surface area contributed by atoms with E-state index in [0.29, 0.717) is 18.5 Å². The molecule has 2 N–H and O–H groups in total. The van der Waals surface area contributed by atoms with E-state index in [0.717, 1.165) is 25.9 Å². The molecule has 0 spiro atoms. The summed E-state index contributed by atoms with van der Waals surface area (Å²) in [7, 11) is 0. The molecule has 2 aliphatic rings. The van der Waals surface area contributed by atoms with Gasteiger partial charge in [-0.2, -0.15) is 0 Å². The standard InChI is InChI=1S/C11H20N2O2/c14-7-6-13(9-3-4-9)10-2-1-5-12-11(15)8-10/h9-10,14H,1-8H2,(H,12,15). The van der Waals surface area contributed by atoms with Gasteiger partial charge in [-0.3, -0.25) is 9.69 Å². The minimum atomic E-state index is 0.168. The molecular formula is C11H20N2O2. The summed E-state index contributed by atoms with van der Waals surface area (Å²) in [4.78, 5) is 13.8. The van der Waals surface area contributed by atoms with Crippen molar-refractivity contribution in [1.29, 1.82) is 0 Å². The summed E-state index contributed by atoms with van der Waals surface area (Å²) in [5.41, 5.74) is 0.